The third-order valence-corrected chi connectivity index (χ3v) is 5.54. The number of aromatic nitrogens is 2. The zero-order valence-electron chi connectivity index (χ0n) is 14.2. The molecule has 2 fully saturated rings. The van der Waals surface area contributed by atoms with Gasteiger partial charge in [0.2, 0.25) is 0 Å². The number of likely N-dealkylation sites (tertiary alicyclic amines) is 2. The van der Waals surface area contributed by atoms with Gasteiger partial charge in [-0.05, 0) is 57.0 Å². The van der Waals surface area contributed by atoms with Crippen molar-refractivity contribution in [2.24, 2.45) is 0 Å². The monoisotopic (exact) mass is 358 g/mol. The molecule has 0 radical (unpaired) electrons. The second-order valence-corrected chi connectivity index (χ2v) is 7.40. The molecule has 2 aliphatic heterocycles. The largest absolute Gasteiger partial charge is 0.336 e. The summed E-state index contributed by atoms with van der Waals surface area (Å²) in [5, 5.41) is 7.91. The van der Waals surface area contributed by atoms with Gasteiger partial charge in [0.05, 0.1) is 5.69 Å². The average molecular weight is 359 g/mol. The van der Waals surface area contributed by atoms with Crippen LogP contribution in [0.5, 0.6) is 0 Å². The van der Waals surface area contributed by atoms with Gasteiger partial charge in [-0.25, -0.2) is 0 Å². The number of hydrogen-bond acceptors (Lipinski definition) is 3. The molecule has 3 heterocycles. The van der Waals surface area contributed by atoms with E-state index in [1.165, 1.54) is 32.4 Å². The summed E-state index contributed by atoms with van der Waals surface area (Å²) in [5.41, 5.74) is 2.29. The number of halogens is 1. The molecule has 2 aliphatic rings. The molecule has 0 bridgehead atoms. The van der Waals surface area contributed by atoms with Crippen LogP contribution < -0.4 is 0 Å². The van der Waals surface area contributed by atoms with Gasteiger partial charge in [0.15, 0.2) is 0 Å². The number of rotatable bonds is 3. The smallest absolute Gasteiger partial charge is 0.271 e. The minimum absolute atomic E-state index is 0.0524. The maximum atomic E-state index is 12.9. The summed E-state index contributed by atoms with van der Waals surface area (Å²) in [6.45, 7) is 4.02. The minimum Gasteiger partial charge on any atom is -0.336 e. The first-order chi connectivity index (χ1) is 12.2. The molecule has 0 aliphatic carbocycles. The summed E-state index contributed by atoms with van der Waals surface area (Å²) in [6, 6.07) is 9.84. The van der Waals surface area contributed by atoms with E-state index in [9.17, 15) is 4.79 Å². The lowest BCUT2D eigenvalue weighted by Crippen LogP contribution is -2.49. The fraction of sp³-hybridized carbons (Fsp3) is 0.474. The van der Waals surface area contributed by atoms with Crippen LogP contribution in [-0.4, -0.2) is 58.1 Å². The molecule has 2 aromatic rings. The van der Waals surface area contributed by atoms with Crippen molar-refractivity contribution in [1.29, 1.82) is 0 Å². The lowest BCUT2D eigenvalue weighted by molar-refractivity contribution is 0.0602. The Balaban J connectivity index is 1.46. The Morgan fingerprint density at radius 1 is 1.12 bits per heavy atom. The molecule has 1 N–H and O–H groups in total. The van der Waals surface area contributed by atoms with Crippen LogP contribution in [0.1, 0.15) is 36.2 Å². The van der Waals surface area contributed by atoms with Crippen LogP contribution in [0.25, 0.3) is 11.3 Å². The van der Waals surface area contributed by atoms with Crippen LogP contribution in [0.4, 0.5) is 0 Å². The van der Waals surface area contributed by atoms with Gasteiger partial charge in [-0.3, -0.25) is 14.8 Å². The van der Waals surface area contributed by atoms with Gasteiger partial charge in [0.1, 0.15) is 5.69 Å². The van der Waals surface area contributed by atoms with Crippen LogP contribution >= 0.6 is 11.6 Å². The lowest BCUT2D eigenvalue weighted by Gasteiger charge is -2.37. The Morgan fingerprint density at radius 2 is 1.88 bits per heavy atom. The molecule has 1 atom stereocenters. The zero-order valence-corrected chi connectivity index (χ0v) is 15.0. The predicted octanol–water partition coefficient (Wildman–Crippen LogP) is 3.43. The van der Waals surface area contributed by atoms with Crippen LogP contribution in [-0.2, 0) is 0 Å². The molecule has 1 aromatic carbocycles. The standard InChI is InChI=1S/C19H23ClN4O/c20-15-7-5-14(6-8-15)17-12-18(22-21-17)19(25)24-11-3-4-16(13-24)23-9-1-2-10-23/h5-8,12,16H,1-4,9-11,13H2,(H,21,22). The van der Waals surface area contributed by atoms with E-state index in [2.05, 4.69) is 15.1 Å². The first-order valence-corrected chi connectivity index (χ1v) is 9.43. The van der Waals surface area contributed by atoms with E-state index in [1.54, 1.807) is 0 Å². The maximum Gasteiger partial charge on any atom is 0.271 e. The van der Waals surface area contributed by atoms with E-state index in [1.807, 2.05) is 35.2 Å². The van der Waals surface area contributed by atoms with Crippen LogP contribution in [0.3, 0.4) is 0 Å². The van der Waals surface area contributed by atoms with Crippen molar-refractivity contribution >= 4 is 17.5 Å². The van der Waals surface area contributed by atoms with Crippen LogP contribution in [0, 0.1) is 0 Å². The van der Waals surface area contributed by atoms with E-state index >= 15 is 0 Å². The summed E-state index contributed by atoms with van der Waals surface area (Å²) in [5.74, 6) is 0.0524. The summed E-state index contributed by atoms with van der Waals surface area (Å²) in [7, 11) is 0. The summed E-state index contributed by atoms with van der Waals surface area (Å²) in [6.07, 6.45) is 4.85. The molecule has 25 heavy (non-hydrogen) atoms. The first kappa shape index (κ1) is 16.6. The second-order valence-electron chi connectivity index (χ2n) is 6.96. The fourth-order valence-corrected chi connectivity index (χ4v) is 4.04. The molecular weight excluding hydrogens is 336 g/mol. The molecule has 6 heteroatoms. The topological polar surface area (TPSA) is 52.2 Å². The molecule has 0 saturated carbocycles. The van der Waals surface area contributed by atoms with Crippen LogP contribution in [0.15, 0.2) is 30.3 Å². The average Bonchev–Trinajstić information content (AvgIpc) is 3.34. The number of amides is 1. The number of H-pyrrole nitrogens is 1. The van der Waals surface area contributed by atoms with Gasteiger partial charge in [0, 0.05) is 29.7 Å². The Labute approximate surface area is 153 Å². The summed E-state index contributed by atoms with van der Waals surface area (Å²) >= 11 is 5.93. The molecule has 5 nitrogen and oxygen atoms in total. The van der Waals surface area contributed by atoms with Gasteiger partial charge in [-0.2, -0.15) is 5.10 Å². The zero-order chi connectivity index (χ0) is 17.2. The third kappa shape index (κ3) is 3.58. The van der Waals surface area contributed by atoms with E-state index < -0.39 is 0 Å². The number of carbonyl (C=O) groups is 1. The molecule has 1 aromatic heterocycles. The highest BCUT2D eigenvalue weighted by atomic mass is 35.5. The number of nitrogens with one attached hydrogen (secondary N) is 1. The minimum atomic E-state index is 0.0524. The van der Waals surface area contributed by atoms with E-state index in [4.69, 9.17) is 11.6 Å². The number of nitrogens with zero attached hydrogens (tertiary/aromatic N) is 3. The highest BCUT2D eigenvalue weighted by molar-refractivity contribution is 6.30. The van der Waals surface area contributed by atoms with Crippen molar-refractivity contribution in [2.75, 3.05) is 26.2 Å². The van der Waals surface area contributed by atoms with Crippen LogP contribution in [0.2, 0.25) is 5.02 Å². The molecule has 4 rings (SSSR count). The Kier molecular flexibility index (Phi) is 4.77. The Hall–Kier alpha value is -1.85. The fourth-order valence-electron chi connectivity index (χ4n) is 3.91. The molecule has 0 spiro atoms. The molecule has 132 valence electrons. The molecule has 1 amide bonds. The van der Waals surface area contributed by atoms with Crippen molar-refractivity contribution in [1.82, 2.24) is 20.0 Å². The highest BCUT2D eigenvalue weighted by Gasteiger charge is 2.30. The SMILES string of the molecule is O=C(c1cc(-c2ccc(Cl)cc2)n[nH]1)N1CCCC(N2CCCC2)C1. The van der Waals surface area contributed by atoms with E-state index in [0.717, 1.165) is 30.8 Å². The predicted molar refractivity (Wildman–Crippen MR) is 98.8 cm³/mol. The van der Waals surface area contributed by atoms with E-state index in [0.29, 0.717) is 16.8 Å². The van der Waals surface area contributed by atoms with Gasteiger partial charge < -0.3 is 4.90 Å². The highest BCUT2D eigenvalue weighted by Crippen LogP contribution is 2.23. The second kappa shape index (κ2) is 7.18. The first-order valence-electron chi connectivity index (χ1n) is 9.05. The quantitative estimate of drug-likeness (QED) is 0.914. The number of aromatic amines is 1. The lowest BCUT2D eigenvalue weighted by atomic mass is 10.0. The maximum absolute atomic E-state index is 12.9. The number of benzene rings is 1. The van der Waals surface area contributed by atoms with Gasteiger partial charge in [0.25, 0.3) is 5.91 Å². The molecule has 2 saturated heterocycles. The van der Waals surface area contributed by atoms with Gasteiger partial charge in [-0.1, -0.05) is 23.7 Å². The Morgan fingerprint density at radius 3 is 2.64 bits per heavy atom. The summed E-state index contributed by atoms with van der Waals surface area (Å²) in [4.78, 5) is 17.4. The van der Waals surface area contributed by atoms with Gasteiger partial charge >= 0.3 is 0 Å². The third-order valence-electron chi connectivity index (χ3n) is 5.29. The van der Waals surface area contributed by atoms with Crippen molar-refractivity contribution in [2.45, 2.75) is 31.7 Å². The Bertz CT molecular complexity index is 736. The molecular formula is C19H23ClN4O. The number of hydrogen-bond donors (Lipinski definition) is 1. The normalized spacial score (nSPS) is 21.6. The number of piperidine rings is 1. The van der Waals surface area contributed by atoms with Crippen molar-refractivity contribution in [3.8, 4) is 11.3 Å². The van der Waals surface area contributed by atoms with Crippen molar-refractivity contribution in [3.63, 3.8) is 0 Å². The van der Waals surface area contributed by atoms with E-state index in [-0.39, 0.29) is 5.91 Å². The molecule has 1 unspecified atom stereocenters. The van der Waals surface area contributed by atoms with Gasteiger partial charge in [-0.15, -0.1) is 0 Å². The van der Waals surface area contributed by atoms with Crippen molar-refractivity contribution < 1.29 is 4.79 Å². The summed E-state index contributed by atoms with van der Waals surface area (Å²) < 4.78 is 0. The van der Waals surface area contributed by atoms with Crippen molar-refractivity contribution in [3.05, 3.63) is 41.0 Å². The number of carbonyl (C=O) groups excluding carboxylic acids is 1.